The molecule has 0 spiro atoms. The van der Waals surface area contributed by atoms with E-state index in [0.717, 1.165) is 77.7 Å². The molecular weight excluding hydrogens is 1460 g/mol. The maximum Gasteiger partial charge on any atom is 0.416 e. The number of furan rings is 1. The first-order valence-corrected chi connectivity index (χ1v) is 35.9. The maximum absolute atomic E-state index is 14.3. The summed E-state index contributed by atoms with van der Waals surface area (Å²) in [7, 11) is 4.67. The number of methoxy groups -OCH3 is 2. The van der Waals surface area contributed by atoms with Gasteiger partial charge in [-0.3, -0.25) is 52.4 Å². The molecule has 14 rings (SSSR count). The summed E-state index contributed by atoms with van der Waals surface area (Å²) < 4.78 is 76.5. The van der Waals surface area contributed by atoms with E-state index in [1.165, 1.54) is 56.8 Å². The van der Waals surface area contributed by atoms with E-state index in [0.29, 0.717) is 96.4 Å². The molecule has 3 fully saturated rings. The summed E-state index contributed by atoms with van der Waals surface area (Å²) in [5.41, 5.74) is 22.6. The summed E-state index contributed by atoms with van der Waals surface area (Å²) in [5.74, 6) is -3.76. The molecule has 0 radical (unpaired) electrons. The number of ether oxygens (including phenoxy) is 2. The minimum Gasteiger partial charge on any atom is -0.495 e. The van der Waals surface area contributed by atoms with E-state index < -0.39 is 46.7 Å². The van der Waals surface area contributed by atoms with Gasteiger partial charge in [-0.25, -0.2) is 4.39 Å². The van der Waals surface area contributed by atoms with Gasteiger partial charge < -0.3 is 66.3 Å². The Morgan fingerprint density at radius 2 is 0.956 bits per heavy atom. The lowest BCUT2D eigenvalue weighted by atomic mass is 10.1. The van der Waals surface area contributed by atoms with Gasteiger partial charge in [-0.05, 0) is 130 Å². The fourth-order valence-electron chi connectivity index (χ4n) is 14.0. The molecule has 113 heavy (non-hydrogen) atoms. The van der Waals surface area contributed by atoms with Crippen molar-refractivity contribution >= 4 is 92.1 Å². The number of anilines is 4. The number of rotatable bonds is 20. The number of nitrogens with two attached hydrogens (primary N) is 3. The largest absolute Gasteiger partial charge is 0.495 e. The topological polar surface area (TPSA) is 350 Å². The Morgan fingerprint density at radius 1 is 0.522 bits per heavy atom. The molecule has 0 unspecified atom stereocenters. The number of benzene rings is 6. The predicted molar refractivity (Wildman–Crippen MR) is 417 cm³/mol. The smallest absolute Gasteiger partial charge is 0.416 e. The Morgan fingerprint density at radius 3 is 1.38 bits per heavy atom. The minimum atomic E-state index is -4.76. The average molecular weight is 1540 g/mol. The van der Waals surface area contributed by atoms with E-state index in [1.54, 1.807) is 59.3 Å². The Balaban J connectivity index is 0.000000157. The van der Waals surface area contributed by atoms with Crippen molar-refractivity contribution in [3.63, 3.8) is 0 Å². The number of carbonyl (C=O) groups is 8. The molecule has 0 aliphatic carbocycles. The zero-order valence-corrected chi connectivity index (χ0v) is 61.8. The molecule has 6 aromatic carbocycles. The molecule has 0 saturated carbocycles. The molecule has 582 valence electrons. The molecule has 0 bridgehead atoms. The first kappa shape index (κ1) is 78.7. The number of fused-ring (bicyclic) bond motifs is 2. The number of alkyl halides is 3. The van der Waals surface area contributed by atoms with E-state index in [2.05, 4.69) is 40.8 Å². The number of piperidine rings is 3. The highest BCUT2D eigenvalue weighted by Crippen LogP contribution is 2.38. The second-order valence-electron chi connectivity index (χ2n) is 27.0. The molecule has 11 aromatic rings. The monoisotopic (exact) mass is 1540 g/mol. The maximum atomic E-state index is 14.3. The normalized spacial score (nSPS) is 15.5. The second kappa shape index (κ2) is 34.0. The van der Waals surface area contributed by atoms with Crippen LogP contribution in [-0.2, 0) is 27.6 Å². The Hall–Kier alpha value is -13.9. The zero-order valence-electron chi connectivity index (χ0n) is 61.8. The summed E-state index contributed by atoms with van der Waals surface area (Å²) in [6.07, 6.45) is 8.72. The lowest BCUT2D eigenvalue weighted by Crippen LogP contribution is -2.40. The molecule has 3 aliphatic rings. The molecule has 3 atom stereocenters. The third-order valence-corrected chi connectivity index (χ3v) is 19.8. The number of nitrogens with zero attached hydrogens (tertiary/aromatic N) is 10. The number of aromatic nitrogens is 7. The number of amides is 8. The molecular formula is C82H80F4N16O11. The van der Waals surface area contributed by atoms with Crippen LogP contribution in [0.4, 0.5) is 40.5 Å². The summed E-state index contributed by atoms with van der Waals surface area (Å²) in [4.78, 5) is 104. The van der Waals surface area contributed by atoms with Gasteiger partial charge in [0.15, 0.2) is 5.88 Å². The lowest BCUT2D eigenvalue weighted by molar-refractivity contribution is -0.138. The van der Waals surface area contributed by atoms with Crippen molar-refractivity contribution in [2.24, 2.45) is 24.2 Å². The molecule has 8 heterocycles. The number of primary amides is 3. The van der Waals surface area contributed by atoms with E-state index in [4.69, 9.17) is 41.3 Å². The van der Waals surface area contributed by atoms with E-state index in [-0.39, 0.29) is 76.1 Å². The number of halogens is 4. The van der Waals surface area contributed by atoms with Crippen LogP contribution in [0.3, 0.4) is 0 Å². The van der Waals surface area contributed by atoms with Crippen molar-refractivity contribution in [1.29, 1.82) is 0 Å². The van der Waals surface area contributed by atoms with Gasteiger partial charge >= 0.3 is 6.18 Å². The first-order valence-electron chi connectivity index (χ1n) is 35.9. The van der Waals surface area contributed by atoms with Crippen molar-refractivity contribution < 1.29 is 69.8 Å². The molecule has 9 N–H and O–H groups in total. The Bertz CT molecular complexity index is 5490. The van der Waals surface area contributed by atoms with Crippen LogP contribution in [0.2, 0.25) is 0 Å². The standard InChI is InChI=1S/C29H30N6O4.C27H25F4N5O4.C26H25N5O3/c1-4-26(36)34-13-7-9-20(16-34)35-17-21(28(30)37)27(32-35)19-11-12-22(25(15-19)39-3)31-29(38)24-14-18-8-5-6-10-23(18)33(24)2;1-3-23(37)35-10-4-5-17(13-35)36-14-19(25(32)38)24(34-36)15-6-9-21(22(11-15)40-2)33-26(39)18-8-7-16(12-20(18)28)27(29,30)31;1-2-24(32)30-13-5-7-20(15-30)31-16-21(26(27)33)25(29-31)17-9-11-19(12-10-17)28-23-14-18-6-3-4-8-22(18)34-23/h4-6,8,10-12,14-15,17,20H,1,7,9,13,16H2,2-3H3,(H2,30,37)(H,31,38);3,6-9,11-12,14,17H,1,4-5,10,13H2,2H3,(H2,32,38)(H,33,39);2-4,6,8-12,14,16,20,28H,1,5,7,13,15H2,(H2,27,33)/t20-;17-;20-/m111/s1. The summed E-state index contributed by atoms with van der Waals surface area (Å²) in [5, 5.41) is 24.6. The minimum absolute atomic E-state index is 0.0291. The van der Waals surface area contributed by atoms with Gasteiger partial charge in [-0.15, -0.1) is 0 Å². The second-order valence-corrected chi connectivity index (χ2v) is 27.0. The summed E-state index contributed by atoms with van der Waals surface area (Å²) >= 11 is 0. The van der Waals surface area contributed by atoms with Crippen molar-refractivity contribution in [2.75, 3.05) is 69.4 Å². The van der Waals surface area contributed by atoms with Gasteiger partial charge in [0, 0.05) is 110 Å². The highest BCUT2D eigenvalue weighted by atomic mass is 19.4. The van der Waals surface area contributed by atoms with Crippen LogP contribution < -0.4 is 42.6 Å². The number of hydrogen-bond acceptors (Lipinski definition) is 15. The summed E-state index contributed by atoms with van der Waals surface area (Å²) in [6.45, 7) is 13.9. The van der Waals surface area contributed by atoms with E-state index in [1.807, 2.05) is 96.5 Å². The van der Waals surface area contributed by atoms with Crippen LogP contribution in [0, 0.1) is 5.82 Å². The zero-order chi connectivity index (χ0) is 80.5. The van der Waals surface area contributed by atoms with Crippen LogP contribution in [0.5, 0.6) is 11.5 Å². The third-order valence-electron chi connectivity index (χ3n) is 19.8. The lowest BCUT2D eigenvalue weighted by Gasteiger charge is -2.32. The molecule has 27 nitrogen and oxygen atoms in total. The van der Waals surface area contributed by atoms with Gasteiger partial charge in [0.05, 0.1) is 71.5 Å². The van der Waals surface area contributed by atoms with Crippen molar-refractivity contribution in [3.05, 3.63) is 235 Å². The number of hydrogen-bond donors (Lipinski definition) is 6. The van der Waals surface area contributed by atoms with Gasteiger partial charge in [-0.1, -0.05) is 80.4 Å². The van der Waals surface area contributed by atoms with Gasteiger partial charge in [0.2, 0.25) is 17.7 Å². The van der Waals surface area contributed by atoms with Crippen LogP contribution in [0.15, 0.2) is 200 Å². The van der Waals surface area contributed by atoms with Gasteiger partial charge in [-0.2, -0.15) is 28.5 Å². The number of likely N-dealkylation sites (tertiary alicyclic amines) is 3. The molecule has 3 saturated heterocycles. The predicted octanol–water partition coefficient (Wildman–Crippen LogP) is 12.7. The number of para-hydroxylation sites is 2. The average Bonchev–Trinajstić information content (AvgIpc) is 1.70. The Kier molecular flexibility index (Phi) is 23.6. The highest BCUT2D eigenvalue weighted by molar-refractivity contribution is 6.08. The Labute approximate surface area is 644 Å². The summed E-state index contributed by atoms with van der Waals surface area (Å²) in [6, 6.07) is 37.8. The van der Waals surface area contributed by atoms with Gasteiger partial charge in [0.1, 0.15) is 45.7 Å². The van der Waals surface area contributed by atoms with Crippen LogP contribution >= 0.6 is 0 Å². The molecule has 8 amide bonds. The van der Waals surface area contributed by atoms with E-state index in [9.17, 15) is 55.9 Å². The number of carbonyl (C=O) groups excluding carboxylic acids is 8. The quantitative estimate of drug-likeness (QED) is 0.0305. The SMILES string of the molecule is C=CC(=O)N1CCC[C@@H](n2cc(C(N)=O)c(-c3ccc(NC(=O)c4cc5ccccc5n4C)c(OC)c3)n2)C1.C=CC(=O)N1CCC[C@@H](n2cc(C(N)=O)c(-c3ccc(NC(=O)c4ccc(C(F)(F)F)cc4F)c(OC)c3)n2)C1.C=CC(=O)N1CCC[C@@H](n2cc(C(N)=O)c(-c3ccc(Nc4cc5ccccc5o4)cc3)n2)C1. The first-order chi connectivity index (χ1) is 54.2. The number of aryl methyl sites for hydroxylation is 1. The van der Waals surface area contributed by atoms with Crippen molar-refractivity contribution in [1.82, 2.24) is 48.6 Å². The van der Waals surface area contributed by atoms with Crippen LogP contribution in [0.25, 0.3) is 55.6 Å². The third kappa shape index (κ3) is 17.6. The molecule has 5 aromatic heterocycles. The van der Waals surface area contributed by atoms with Crippen LogP contribution in [-0.4, -0.2) is 149 Å². The van der Waals surface area contributed by atoms with Gasteiger partial charge in [0.25, 0.3) is 29.5 Å². The number of nitrogens with one attached hydrogen (secondary N) is 3. The van der Waals surface area contributed by atoms with Crippen LogP contribution in [0.1, 0.15) is 114 Å². The molecule has 31 heteroatoms. The molecule has 3 aliphatic heterocycles. The fourth-order valence-corrected chi connectivity index (χ4v) is 14.0. The highest BCUT2D eigenvalue weighted by Gasteiger charge is 2.34. The van der Waals surface area contributed by atoms with Crippen molar-refractivity contribution in [3.8, 4) is 45.3 Å². The van der Waals surface area contributed by atoms with Crippen molar-refractivity contribution in [2.45, 2.75) is 62.8 Å². The fraction of sp³-hybridized carbons (Fsp3) is 0.232. The van der Waals surface area contributed by atoms with E-state index >= 15 is 0 Å².